The average Bonchev–Trinajstić information content (AvgIpc) is 2.79. The molecule has 31 heavy (non-hydrogen) atoms. The van der Waals surface area contributed by atoms with Crippen LogP contribution in [0.25, 0.3) is 0 Å². The molecule has 164 valence electrons. The fourth-order valence-electron chi connectivity index (χ4n) is 3.22. The minimum Gasteiger partial charge on any atom is -0.481 e. The van der Waals surface area contributed by atoms with Crippen LogP contribution in [0.5, 0.6) is 5.75 Å². The molecule has 1 unspecified atom stereocenters. The zero-order chi connectivity index (χ0) is 22.4. The molecule has 0 bridgehead atoms. The largest absolute Gasteiger partial charge is 0.481 e. The Hall–Kier alpha value is -2.94. The summed E-state index contributed by atoms with van der Waals surface area (Å²) in [5, 5.41) is 0. The Bertz CT molecular complexity index is 929. The van der Waals surface area contributed by atoms with E-state index in [0.29, 0.717) is 37.2 Å². The number of amides is 3. The molecular formula is C22H23BrFN3O4. The van der Waals surface area contributed by atoms with Gasteiger partial charge in [0.05, 0.1) is 0 Å². The van der Waals surface area contributed by atoms with Crippen LogP contribution < -0.4 is 15.6 Å². The molecule has 1 saturated heterocycles. The highest BCUT2D eigenvalue weighted by Gasteiger charge is 2.28. The van der Waals surface area contributed by atoms with Crippen molar-refractivity contribution in [3.8, 4) is 5.75 Å². The first-order valence-corrected chi connectivity index (χ1v) is 10.7. The summed E-state index contributed by atoms with van der Waals surface area (Å²) >= 11 is 3.35. The second-order valence-corrected chi connectivity index (χ2v) is 8.18. The zero-order valence-corrected chi connectivity index (χ0v) is 18.5. The molecule has 1 aliphatic heterocycles. The molecule has 0 aliphatic carbocycles. The number of nitrogens with zero attached hydrogens (tertiary/aromatic N) is 1. The van der Waals surface area contributed by atoms with Gasteiger partial charge in [-0.25, -0.2) is 4.39 Å². The lowest BCUT2D eigenvalue weighted by atomic mass is 9.95. The molecule has 2 N–H and O–H groups in total. The first-order chi connectivity index (χ1) is 14.8. The smallest absolute Gasteiger partial charge is 0.279 e. The Morgan fingerprint density at radius 1 is 1.03 bits per heavy atom. The first-order valence-electron chi connectivity index (χ1n) is 9.90. The van der Waals surface area contributed by atoms with E-state index < -0.39 is 17.8 Å². The van der Waals surface area contributed by atoms with E-state index in [0.717, 1.165) is 4.47 Å². The summed E-state index contributed by atoms with van der Waals surface area (Å²) in [6.45, 7) is 2.45. The molecule has 1 heterocycles. The predicted octanol–water partition coefficient (Wildman–Crippen LogP) is 3.06. The molecule has 1 aliphatic rings. The van der Waals surface area contributed by atoms with Gasteiger partial charge in [0, 0.05) is 29.0 Å². The van der Waals surface area contributed by atoms with E-state index >= 15 is 0 Å². The fourth-order valence-corrected chi connectivity index (χ4v) is 3.48. The van der Waals surface area contributed by atoms with Crippen molar-refractivity contribution in [3.05, 3.63) is 64.4 Å². The zero-order valence-electron chi connectivity index (χ0n) is 16.9. The first kappa shape index (κ1) is 22.7. The van der Waals surface area contributed by atoms with Gasteiger partial charge in [-0.2, -0.15) is 0 Å². The number of ether oxygens (including phenoxy) is 1. The number of hydrogen-bond donors (Lipinski definition) is 2. The van der Waals surface area contributed by atoms with Gasteiger partial charge in [0.25, 0.3) is 11.8 Å². The van der Waals surface area contributed by atoms with Gasteiger partial charge in [0.15, 0.2) is 6.10 Å². The number of hydrazine groups is 1. The Morgan fingerprint density at radius 3 is 2.26 bits per heavy atom. The molecule has 0 radical (unpaired) electrons. The number of benzene rings is 2. The van der Waals surface area contributed by atoms with E-state index in [1.165, 1.54) is 31.2 Å². The third-order valence-electron chi connectivity index (χ3n) is 5.05. The SMILES string of the molecule is CC(Oc1ccc(F)cc1)C(=O)NNC(=O)C1CCN(C(=O)c2ccc(Br)cc2)CC1. The van der Waals surface area contributed by atoms with Gasteiger partial charge >= 0.3 is 0 Å². The van der Waals surface area contributed by atoms with Gasteiger partial charge in [-0.05, 0) is 68.3 Å². The summed E-state index contributed by atoms with van der Waals surface area (Å²) in [6, 6.07) is 12.5. The van der Waals surface area contributed by atoms with Crippen LogP contribution in [-0.2, 0) is 9.59 Å². The third-order valence-corrected chi connectivity index (χ3v) is 5.58. The third kappa shape index (κ3) is 6.27. The highest BCUT2D eigenvalue weighted by atomic mass is 79.9. The Balaban J connectivity index is 1.42. The maximum absolute atomic E-state index is 12.9. The highest BCUT2D eigenvalue weighted by Crippen LogP contribution is 2.20. The summed E-state index contributed by atoms with van der Waals surface area (Å²) in [5.74, 6) is -1.26. The second kappa shape index (κ2) is 10.4. The minimum atomic E-state index is -0.879. The van der Waals surface area contributed by atoms with E-state index in [4.69, 9.17) is 4.74 Å². The van der Waals surface area contributed by atoms with E-state index in [1.54, 1.807) is 17.0 Å². The molecule has 0 spiro atoms. The lowest BCUT2D eigenvalue weighted by Crippen LogP contribution is -2.51. The van der Waals surface area contributed by atoms with Crippen LogP contribution in [0.4, 0.5) is 4.39 Å². The van der Waals surface area contributed by atoms with Crippen molar-refractivity contribution in [3.63, 3.8) is 0 Å². The van der Waals surface area contributed by atoms with E-state index in [2.05, 4.69) is 26.8 Å². The van der Waals surface area contributed by atoms with Crippen molar-refractivity contribution >= 4 is 33.7 Å². The number of likely N-dealkylation sites (tertiary alicyclic amines) is 1. The molecule has 0 aromatic heterocycles. The Morgan fingerprint density at radius 2 is 1.65 bits per heavy atom. The van der Waals surface area contributed by atoms with Gasteiger partial charge in [-0.3, -0.25) is 25.2 Å². The normalized spacial score (nSPS) is 15.1. The van der Waals surface area contributed by atoms with Crippen LogP contribution in [-0.4, -0.2) is 41.8 Å². The number of hydrogen-bond acceptors (Lipinski definition) is 4. The highest BCUT2D eigenvalue weighted by molar-refractivity contribution is 9.10. The summed E-state index contributed by atoms with van der Waals surface area (Å²) in [7, 11) is 0. The van der Waals surface area contributed by atoms with E-state index in [9.17, 15) is 18.8 Å². The summed E-state index contributed by atoms with van der Waals surface area (Å²) in [4.78, 5) is 38.8. The maximum Gasteiger partial charge on any atom is 0.279 e. The number of nitrogens with one attached hydrogen (secondary N) is 2. The molecule has 9 heteroatoms. The van der Waals surface area contributed by atoms with Gasteiger partial charge in [-0.1, -0.05) is 15.9 Å². The molecule has 3 amide bonds. The lowest BCUT2D eigenvalue weighted by molar-refractivity contribution is -0.134. The molecule has 7 nitrogen and oxygen atoms in total. The van der Waals surface area contributed by atoms with Crippen LogP contribution in [0, 0.1) is 11.7 Å². The number of carbonyl (C=O) groups is 3. The summed E-state index contributed by atoms with van der Waals surface area (Å²) in [6.07, 6.45) is 0.133. The monoisotopic (exact) mass is 491 g/mol. The molecule has 1 atom stereocenters. The lowest BCUT2D eigenvalue weighted by Gasteiger charge is -2.31. The molecule has 2 aromatic carbocycles. The van der Waals surface area contributed by atoms with E-state index in [1.807, 2.05) is 12.1 Å². The predicted molar refractivity (Wildman–Crippen MR) is 116 cm³/mol. The van der Waals surface area contributed by atoms with Crippen LogP contribution in [0.3, 0.4) is 0 Å². The summed E-state index contributed by atoms with van der Waals surface area (Å²) < 4.78 is 19.3. The van der Waals surface area contributed by atoms with Gasteiger partial charge in [0.2, 0.25) is 5.91 Å². The molecule has 0 saturated carbocycles. The van der Waals surface area contributed by atoms with Crippen LogP contribution in [0.1, 0.15) is 30.1 Å². The van der Waals surface area contributed by atoms with Gasteiger partial charge in [0.1, 0.15) is 11.6 Å². The Labute approximate surface area is 188 Å². The fraction of sp³-hybridized carbons (Fsp3) is 0.318. The standard InChI is InChI=1S/C22H23BrFN3O4/c1-14(31-19-8-6-18(24)7-9-19)20(28)25-26-21(29)15-10-12-27(13-11-15)22(30)16-2-4-17(23)5-3-16/h2-9,14-15H,10-13H2,1H3,(H,25,28)(H,26,29). The van der Waals surface area contributed by atoms with Crippen molar-refractivity contribution in [1.29, 1.82) is 0 Å². The molecule has 3 rings (SSSR count). The van der Waals surface area contributed by atoms with E-state index in [-0.39, 0.29) is 17.7 Å². The molecule has 1 fully saturated rings. The van der Waals surface area contributed by atoms with Crippen LogP contribution in [0.15, 0.2) is 53.0 Å². The maximum atomic E-state index is 12.9. The molecule has 2 aromatic rings. The van der Waals surface area contributed by atoms with Crippen molar-refractivity contribution in [1.82, 2.24) is 15.8 Å². The van der Waals surface area contributed by atoms with Crippen LogP contribution >= 0.6 is 15.9 Å². The quantitative estimate of drug-likeness (QED) is 0.629. The Kier molecular flexibility index (Phi) is 7.62. The van der Waals surface area contributed by atoms with Crippen molar-refractivity contribution < 1.29 is 23.5 Å². The van der Waals surface area contributed by atoms with Crippen molar-refractivity contribution in [2.75, 3.05) is 13.1 Å². The number of rotatable bonds is 5. The van der Waals surface area contributed by atoms with Crippen molar-refractivity contribution in [2.45, 2.75) is 25.9 Å². The molecular weight excluding hydrogens is 469 g/mol. The second-order valence-electron chi connectivity index (χ2n) is 7.27. The minimum absolute atomic E-state index is 0.0635. The van der Waals surface area contributed by atoms with Crippen molar-refractivity contribution in [2.24, 2.45) is 5.92 Å². The van der Waals surface area contributed by atoms with Gasteiger partial charge in [-0.15, -0.1) is 0 Å². The van der Waals surface area contributed by atoms with Crippen LogP contribution in [0.2, 0.25) is 0 Å². The number of halogens is 2. The number of carbonyl (C=O) groups excluding carboxylic acids is 3. The summed E-state index contributed by atoms with van der Waals surface area (Å²) in [5.41, 5.74) is 5.38. The topological polar surface area (TPSA) is 87.7 Å². The van der Waals surface area contributed by atoms with Gasteiger partial charge < -0.3 is 9.64 Å². The average molecular weight is 492 g/mol. The number of piperidine rings is 1.